The fourth-order valence-corrected chi connectivity index (χ4v) is 1.15. The molecule has 0 aliphatic heterocycles. The molecule has 77 valence electrons. The van der Waals surface area contributed by atoms with Crippen molar-refractivity contribution in [2.24, 2.45) is 0 Å². The fourth-order valence-electron chi connectivity index (χ4n) is 1.15. The summed E-state index contributed by atoms with van der Waals surface area (Å²) in [6.07, 6.45) is 7.26. The fraction of sp³-hybridized carbons (Fsp3) is 0.818. The Hall–Kier alpha value is -0.530. The van der Waals surface area contributed by atoms with Gasteiger partial charge in [-0.3, -0.25) is 4.79 Å². The average molecular weight is 184 g/mol. The Kier molecular flexibility index (Phi) is 9.17. The van der Waals surface area contributed by atoms with Gasteiger partial charge in [-0.2, -0.15) is 0 Å². The third-order valence-corrected chi connectivity index (χ3v) is 2.01. The molecule has 0 rings (SSSR count). The van der Waals surface area contributed by atoms with Crippen LogP contribution in [0.5, 0.6) is 0 Å². The summed E-state index contributed by atoms with van der Waals surface area (Å²) in [5.41, 5.74) is 0. The maximum atomic E-state index is 11.1. The maximum absolute atomic E-state index is 11.1. The molecule has 0 spiro atoms. The summed E-state index contributed by atoms with van der Waals surface area (Å²) in [7, 11) is 0. The Morgan fingerprint density at radius 3 is 2.62 bits per heavy atom. The highest BCUT2D eigenvalue weighted by Crippen LogP contribution is 2.01. The smallest absolute Gasteiger partial charge is 0.219 e. The average Bonchev–Trinajstić information content (AvgIpc) is 2.13. The molecule has 0 saturated carbocycles. The second-order valence-electron chi connectivity index (χ2n) is 3.37. The van der Waals surface area contributed by atoms with E-state index in [-0.39, 0.29) is 5.91 Å². The zero-order chi connectivity index (χ0) is 9.94. The van der Waals surface area contributed by atoms with E-state index >= 15 is 0 Å². The van der Waals surface area contributed by atoms with Crippen LogP contribution in [-0.2, 0) is 4.79 Å². The normalized spacial score (nSPS) is 10.0. The molecule has 0 bridgehead atoms. The molecule has 0 aliphatic rings. The van der Waals surface area contributed by atoms with Crippen LogP contribution in [0.1, 0.15) is 51.9 Å². The van der Waals surface area contributed by atoms with Crippen LogP contribution < -0.4 is 5.32 Å². The molecule has 0 aliphatic carbocycles. The van der Waals surface area contributed by atoms with Crippen LogP contribution in [0.4, 0.5) is 0 Å². The van der Waals surface area contributed by atoms with E-state index in [0.29, 0.717) is 6.42 Å². The molecule has 2 nitrogen and oxygen atoms in total. The minimum absolute atomic E-state index is 0.199. The molecule has 0 unspecified atom stereocenters. The van der Waals surface area contributed by atoms with Crippen LogP contribution in [0.2, 0.25) is 0 Å². The minimum atomic E-state index is 0.199. The topological polar surface area (TPSA) is 29.1 Å². The number of carbonyl (C=O) groups is 1. The van der Waals surface area contributed by atoms with Crippen LogP contribution in [0.3, 0.4) is 0 Å². The highest BCUT2D eigenvalue weighted by Gasteiger charge is 1.98. The van der Waals surface area contributed by atoms with Crippen LogP contribution in [0, 0.1) is 6.92 Å². The van der Waals surface area contributed by atoms with Gasteiger partial charge in [-0.25, -0.2) is 0 Å². The maximum Gasteiger partial charge on any atom is 0.219 e. The van der Waals surface area contributed by atoms with Gasteiger partial charge in [0.05, 0.1) is 0 Å². The van der Waals surface area contributed by atoms with Gasteiger partial charge in [-0.15, -0.1) is 0 Å². The van der Waals surface area contributed by atoms with Gasteiger partial charge in [0.15, 0.2) is 0 Å². The standard InChI is InChI=1S/C11H22NO/c1-3-5-7-8-9-11(13)12-10-6-4-2/h2-10H2,1H3,(H,12,13). The molecule has 1 amide bonds. The van der Waals surface area contributed by atoms with E-state index in [0.717, 1.165) is 25.8 Å². The molecule has 13 heavy (non-hydrogen) atoms. The van der Waals surface area contributed by atoms with Crippen molar-refractivity contribution >= 4 is 5.91 Å². The first-order chi connectivity index (χ1) is 6.31. The van der Waals surface area contributed by atoms with E-state index in [1.807, 2.05) is 0 Å². The Morgan fingerprint density at radius 1 is 1.23 bits per heavy atom. The van der Waals surface area contributed by atoms with Crippen LogP contribution >= 0.6 is 0 Å². The number of hydrogen-bond donors (Lipinski definition) is 1. The Labute approximate surface area is 82.1 Å². The molecule has 0 aromatic carbocycles. The minimum Gasteiger partial charge on any atom is -0.356 e. The van der Waals surface area contributed by atoms with Gasteiger partial charge in [0.1, 0.15) is 0 Å². The van der Waals surface area contributed by atoms with Crippen molar-refractivity contribution in [2.75, 3.05) is 6.54 Å². The molecule has 0 saturated heterocycles. The van der Waals surface area contributed by atoms with E-state index in [4.69, 9.17) is 0 Å². The van der Waals surface area contributed by atoms with Crippen LogP contribution in [0.15, 0.2) is 0 Å². The lowest BCUT2D eigenvalue weighted by Gasteiger charge is -2.03. The van der Waals surface area contributed by atoms with Crippen LogP contribution in [0.25, 0.3) is 0 Å². The van der Waals surface area contributed by atoms with Gasteiger partial charge in [0, 0.05) is 13.0 Å². The summed E-state index contributed by atoms with van der Waals surface area (Å²) in [6.45, 7) is 6.68. The van der Waals surface area contributed by atoms with Crippen molar-refractivity contribution in [2.45, 2.75) is 51.9 Å². The highest BCUT2D eigenvalue weighted by molar-refractivity contribution is 5.75. The monoisotopic (exact) mass is 184 g/mol. The van der Waals surface area contributed by atoms with E-state index in [9.17, 15) is 4.79 Å². The Morgan fingerprint density at radius 2 is 2.00 bits per heavy atom. The molecule has 0 heterocycles. The van der Waals surface area contributed by atoms with Crippen molar-refractivity contribution in [1.82, 2.24) is 5.32 Å². The molecule has 1 radical (unpaired) electrons. The van der Waals surface area contributed by atoms with Gasteiger partial charge in [0.2, 0.25) is 5.91 Å². The summed E-state index contributed by atoms with van der Waals surface area (Å²) >= 11 is 0. The molecule has 0 atom stereocenters. The van der Waals surface area contributed by atoms with Crippen molar-refractivity contribution in [1.29, 1.82) is 0 Å². The van der Waals surface area contributed by atoms with E-state index in [1.165, 1.54) is 19.3 Å². The number of unbranched alkanes of at least 4 members (excludes halogenated alkanes) is 4. The molecular formula is C11H22NO. The first kappa shape index (κ1) is 12.5. The second-order valence-corrected chi connectivity index (χ2v) is 3.37. The summed E-state index contributed by atoms with van der Waals surface area (Å²) in [5, 5.41) is 2.88. The number of rotatable bonds is 8. The number of nitrogens with one attached hydrogen (secondary N) is 1. The number of carbonyl (C=O) groups excluding carboxylic acids is 1. The van der Waals surface area contributed by atoms with Gasteiger partial charge in [0.25, 0.3) is 0 Å². The van der Waals surface area contributed by atoms with Crippen molar-refractivity contribution in [3.8, 4) is 0 Å². The van der Waals surface area contributed by atoms with Gasteiger partial charge in [-0.05, 0) is 12.8 Å². The van der Waals surface area contributed by atoms with Crippen LogP contribution in [-0.4, -0.2) is 12.5 Å². The van der Waals surface area contributed by atoms with Gasteiger partial charge in [-0.1, -0.05) is 39.5 Å². The largest absolute Gasteiger partial charge is 0.356 e. The van der Waals surface area contributed by atoms with Crippen molar-refractivity contribution < 1.29 is 4.79 Å². The predicted molar refractivity (Wildman–Crippen MR) is 56.4 cm³/mol. The summed E-state index contributed by atoms with van der Waals surface area (Å²) in [5.74, 6) is 0.199. The third-order valence-electron chi connectivity index (χ3n) is 2.01. The zero-order valence-electron chi connectivity index (χ0n) is 8.77. The second kappa shape index (κ2) is 9.56. The predicted octanol–water partition coefficient (Wildman–Crippen LogP) is 2.69. The highest BCUT2D eigenvalue weighted by atomic mass is 16.1. The molecule has 0 aromatic heterocycles. The molecule has 1 N–H and O–H groups in total. The van der Waals surface area contributed by atoms with E-state index < -0.39 is 0 Å². The quantitative estimate of drug-likeness (QED) is 0.577. The number of amides is 1. The summed E-state index contributed by atoms with van der Waals surface area (Å²) < 4.78 is 0. The number of hydrogen-bond acceptors (Lipinski definition) is 1. The first-order valence-corrected chi connectivity index (χ1v) is 5.37. The van der Waals surface area contributed by atoms with Crippen molar-refractivity contribution in [3.63, 3.8) is 0 Å². The lowest BCUT2D eigenvalue weighted by atomic mass is 10.1. The molecular weight excluding hydrogens is 162 g/mol. The van der Waals surface area contributed by atoms with Crippen molar-refractivity contribution in [3.05, 3.63) is 6.92 Å². The molecule has 0 aromatic rings. The lowest BCUT2D eigenvalue weighted by Crippen LogP contribution is -2.23. The Bertz CT molecular complexity index is 123. The Balaban J connectivity index is 3.11. The SMILES string of the molecule is [CH2]CCCNC(=O)CCCCCC. The van der Waals surface area contributed by atoms with Gasteiger partial charge < -0.3 is 5.32 Å². The molecule has 0 fully saturated rings. The van der Waals surface area contributed by atoms with Gasteiger partial charge >= 0.3 is 0 Å². The summed E-state index contributed by atoms with van der Waals surface area (Å²) in [6, 6.07) is 0. The lowest BCUT2D eigenvalue weighted by molar-refractivity contribution is -0.121. The third kappa shape index (κ3) is 9.38. The zero-order valence-corrected chi connectivity index (χ0v) is 8.77. The first-order valence-electron chi connectivity index (χ1n) is 5.37. The van der Waals surface area contributed by atoms with E-state index in [2.05, 4.69) is 19.2 Å². The van der Waals surface area contributed by atoms with E-state index in [1.54, 1.807) is 0 Å². The summed E-state index contributed by atoms with van der Waals surface area (Å²) in [4.78, 5) is 11.1. The molecule has 2 heteroatoms.